The number of phenols is 2. The summed E-state index contributed by atoms with van der Waals surface area (Å²) in [7, 11) is -19.0. The van der Waals surface area contributed by atoms with Crippen LogP contribution >= 0.6 is 0 Å². The van der Waals surface area contributed by atoms with E-state index in [1.54, 1.807) is 0 Å². The zero-order valence-electron chi connectivity index (χ0n) is 28.4. The Bertz CT molecular complexity index is 2970. The van der Waals surface area contributed by atoms with Crippen LogP contribution in [-0.2, 0) is 74.6 Å². The first-order chi connectivity index (χ1) is 26.1. The molecule has 6 aromatic rings. The van der Waals surface area contributed by atoms with Crippen molar-refractivity contribution >= 4 is 96.9 Å². The molecule has 0 spiro atoms. The molecule has 0 saturated heterocycles. The Morgan fingerprint density at radius 2 is 0.776 bits per heavy atom. The van der Waals surface area contributed by atoms with E-state index in [0.29, 0.717) is 0 Å². The molecule has 6 aromatic carbocycles. The van der Waals surface area contributed by atoms with Crippen LogP contribution in [-0.4, -0.2) is 62.1 Å². The van der Waals surface area contributed by atoms with Crippen LogP contribution in [0.2, 0.25) is 0 Å². The Kier molecular flexibility index (Phi) is 13.5. The minimum absolute atomic E-state index is 0. The molecule has 58 heavy (non-hydrogen) atoms. The van der Waals surface area contributed by atoms with Gasteiger partial charge in [0, 0.05) is 44.9 Å². The van der Waals surface area contributed by atoms with Crippen LogP contribution in [0.4, 0.5) is 22.7 Å². The molecule has 2 radical (unpaired) electrons. The molecule has 24 heteroatoms. The summed E-state index contributed by atoms with van der Waals surface area (Å²) in [5.41, 5.74) is -0.858. The quantitative estimate of drug-likeness (QED) is 0.0338. The first-order valence-corrected chi connectivity index (χ1v) is 21.1. The van der Waals surface area contributed by atoms with Crippen molar-refractivity contribution in [3.8, 4) is 11.5 Å². The van der Waals surface area contributed by atoms with Gasteiger partial charge >= 0.3 is 0 Å². The maximum Gasteiger partial charge on any atom is 0.295 e. The van der Waals surface area contributed by atoms with Gasteiger partial charge in [0.2, 0.25) is 0 Å². The Morgan fingerprint density at radius 1 is 0.414 bits per heavy atom. The molecule has 0 aliphatic heterocycles. The molecule has 0 heterocycles. The largest absolute Gasteiger partial charge is 0.506 e. The van der Waals surface area contributed by atoms with Crippen molar-refractivity contribution in [1.29, 1.82) is 0 Å². The van der Waals surface area contributed by atoms with Crippen molar-refractivity contribution in [1.82, 2.24) is 0 Å². The summed E-state index contributed by atoms with van der Waals surface area (Å²) in [6, 6.07) is 18.9. The van der Waals surface area contributed by atoms with E-state index in [2.05, 4.69) is 20.5 Å². The van der Waals surface area contributed by atoms with E-state index in [0.717, 1.165) is 48.6 Å². The number of rotatable bonds is 10. The maximum atomic E-state index is 12.4. The maximum absolute atomic E-state index is 12.4. The molecule has 0 aliphatic carbocycles. The molecule has 0 atom stereocenters. The van der Waals surface area contributed by atoms with Gasteiger partial charge in [0.05, 0.1) is 21.2 Å². The van der Waals surface area contributed by atoms with Crippen LogP contribution in [0.5, 0.6) is 11.5 Å². The second kappa shape index (κ2) is 17.1. The number of aromatic hydroxyl groups is 2. The molecule has 6 N–H and O–H groups in total. The molecular weight excluding hydrogens is 944 g/mol. The zero-order chi connectivity index (χ0) is 40.8. The molecule has 0 unspecified atom stereocenters. The fourth-order valence-electron chi connectivity index (χ4n) is 5.38. The number of fused-ring (bicyclic) bond motifs is 2. The second-order valence-corrected chi connectivity index (χ2v) is 17.3. The number of phenolic OH excluding ortho intramolecular Hbond substituents is 2. The van der Waals surface area contributed by atoms with Gasteiger partial charge in [-0.2, -0.15) is 43.9 Å². The van der Waals surface area contributed by atoms with Crippen LogP contribution in [0.3, 0.4) is 0 Å². The normalized spacial score (nSPS) is 12.7. The van der Waals surface area contributed by atoms with Gasteiger partial charge in [-0.1, -0.05) is 48.6 Å². The summed E-state index contributed by atoms with van der Waals surface area (Å²) in [6.45, 7) is 0. The fourth-order valence-corrected chi connectivity index (χ4v) is 7.82. The minimum atomic E-state index is -4.95. The molecule has 0 aromatic heterocycles. The minimum Gasteiger partial charge on any atom is -0.506 e. The van der Waals surface area contributed by atoms with Crippen molar-refractivity contribution in [2.24, 2.45) is 20.5 Å². The van der Waals surface area contributed by atoms with E-state index in [4.69, 9.17) is 0 Å². The molecule has 0 aliphatic rings. The van der Waals surface area contributed by atoms with Crippen molar-refractivity contribution in [3.05, 3.63) is 108 Å². The van der Waals surface area contributed by atoms with Gasteiger partial charge in [-0.3, -0.25) is 18.2 Å². The van der Waals surface area contributed by atoms with Crippen LogP contribution in [0.15, 0.2) is 137 Å². The molecule has 0 saturated carbocycles. The van der Waals surface area contributed by atoms with E-state index in [9.17, 15) is 62.1 Å². The number of benzene rings is 6. The van der Waals surface area contributed by atoms with Crippen LogP contribution < -0.4 is 0 Å². The summed E-state index contributed by atoms with van der Waals surface area (Å²) < 4.78 is 134. The first-order valence-electron chi connectivity index (χ1n) is 15.3. The average Bonchev–Trinajstić information content (AvgIpc) is 3.11. The average molecular weight is 968 g/mol. The van der Waals surface area contributed by atoms with Crippen molar-refractivity contribution in [2.75, 3.05) is 0 Å². The summed E-state index contributed by atoms with van der Waals surface area (Å²) in [6.07, 6.45) is 2.24. The molecule has 0 amide bonds. The third-order valence-electron chi connectivity index (χ3n) is 8.00. The van der Waals surface area contributed by atoms with Crippen molar-refractivity contribution in [3.63, 3.8) is 0 Å². The van der Waals surface area contributed by atoms with Crippen LogP contribution in [0.25, 0.3) is 33.7 Å². The van der Waals surface area contributed by atoms with Gasteiger partial charge in [0.25, 0.3) is 40.5 Å². The van der Waals surface area contributed by atoms with Gasteiger partial charge in [-0.15, -0.1) is 10.2 Å². The van der Waals surface area contributed by atoms with Gasteiger partial charge in [0.15, 0.2) is 0 Å². The Morgan fingerprint density at radius 3 is 1.10 bits per heavy atom. The van der Waals surface area contributed by atoms with Gasteiger partial charge < -0.3 is 10.2 Å². The molecule has 0 fully saturated rings. The molecule has 310 valence electrons. The summed E-state index contributed by atoms with van der Waals surface area (Å²) in [5.74, 6) is -0.748. The number of nitrogens with zero attached hydrogens (tertiary/aromatic N) is 4. The van der Waals surface area contributed by atoms with Gasteiger partial charge in [-0.25, -0.2) is 0 Å². The number of hydrogen-bond acceptors (Lipinski definition) is 14. The molecule has 18 nitrogen and oxygen atoms in total. The van der Waals surface area contributed by atoms with E-state index in [1.165, 1.54) is 60.7 Å². The summed E-state index contributed by atoms with van der Waals surface area (Å²) >= 11 is 0. The van der Waals surface area contributed by atoms with E-state index in [-0.39, 0.29) is 101 Å². The number of azo groups is 2. The third-order valence-corrected chi connectivity index (χ3v) is 11.5. The van der Waals surface area contributed by atoms with Crippen molar-refractivity contribution in [2.45, 2.75) is 19.6 Å². The van der Waals surface area contributed by atoms with Gasteiger partial charge in [-0.05, 0) is 82.6 Å². The Hall–Kier alpha value is -4.94. The standard InChI is InChI=1S/C34H24N4O14S4.2Cu/c39-29-13-5-21-15-25(53(41,42)43)9-11-27(21)33(29)37-35-23-7-3-19(31(17-23)55(47,48)49)1-2-20-4-8-24(18-32(20)56(50,51)52)36-38-34-28-12-10-26(54(44,45)46)16-22(28)6-14-30(34)40;;/h1-18,39-40H,(H,41,42,43)(H,44,45,46)(H,47,48,49)(H,50,51,52);;. The van der Waals surface area contributed by atoms with Crippen molar-refractivity contribution < 1.29 is 96.2 Å². The van der Waals surface area contributed by atoms with E-state index >= 15 is 0 Å². The smallest absolute Gasteiger partial charge is 0.295 e. The predicted molar refractivity (Wildman–Crippen MR) is 201 cm³/mol. The van der Waals surface area contributed by atoms with Gasteiger partial charge in [0.1, 0.15) is 32.7 Å². The topological polar surface area (TPSA) is 307 Å². The monoisotopic (exact) mass is 966 g/mol. The SMILES string of the molecule is O=S(=O)(O)c1ccc2c(N=Nc3ccc(C=Cc4ccc(N=Nc5c(O)ccc6cc(S(=O)(=O)O)ccc56)cc4S(=O)(=O)O)c(S(=O)(=O)O)c3)c(O)ccc2c1.[Cu].[Cu]. The summed E-state index contributed by atoms with van der Waals surface area (Å²) in [4.78, 5) is -2.21. The van der Waals surface area contributed by atoms with E-state index < -0.39 is 60.1 Å². The Balaban J connectivity index is 0.00000372. The van der Waals surface area contributed by atoms with Crippen LogP contribution in [0, 0.1) is 0 Å². The molecular formula is C34H24Cu2N4O14S4. The first kappa shape index (κ1) is 45.8. The predicted octanol–water partition coefficient (Wildman–Crippen LogP) is 7.39. The fraction of sp³-hybridized carbons (Fsp3) is 0. The molecule has 6 rings (SSSR count). The Labute approximate surface area is 350 Å². The number of hydrogen-bond donors (Lipinski definition) is 6. The third kappa shape index (κ3) is 10.2. The van der Waals surface area contributed by atoms with Crippen LogP contribution in [0.1, 0.15) is 11.1 Å². The second-order valence-electron chi connectivity index (χ2n) is 11.7. The summed E-state index contributed by atoms with van der Waals surface area (Å²) in [5, 5.41) is 37.6. The zero-order valence-corrected chi connectivity index (χ0v) is 33.5. The van der Waals surface area contributed by atoms with E-state index in [1.807, 2.05) is 0 Å². The molecule has 0 bridgehead atoms.